The van der Waals surface area contributed by atoms with E-state index >= 15 is 0 Å². The molecule has 36 heavy (non-hydrogen) atoms. The highest BCUT2D eigenvalue weighted by atomic mass is 32.2. The number of aromatic nitrogens is 3. The van der Waals surface area contributed by atoms with Crippen LogP contribution in [0.2, 0.25) is 0 Å². The summed E-state index contributed by atoms with van der Waals surface area (Å²) in [6, 6.07) is 14.1. The quantitative estimate of drug-likeness (QED) is 0.331. The maximum Gasteiger partial charge on any atom is 0.264 e. The fraction of sp³-hybridized carbons (Fsp3) is 0.370. The summed E-state index contributed by atoms with van der Waals surface area (Å²) in [5.74, 6) is 0.821. The highest BCUT2D eigenvalue weighted by Gasteiger charge is 2.21. The highest BCUT2D eigenvalue weighted by molar-refractivity contribution is 8.03. The molecule has 0 atom stereocenters. The Morgan fingerprint density at radius 3 is 2.64 bits per heavy atom. The van der Waals surface area contributed by atoms with Crippen molar-refractivity contribution >= 4 is 47.0 Å². The number of nitrogens with zero attached hydrogens (tertiary/aromatic N) is 4. The standard InChI is InChI=1S/C25H28N6O2S.C2H6/c1-34-23(24(33)28-17-32)14-20-8-11-27-25(30-20)31-12-9-18(10-13-31)15-26-16-21-7-6-19-4-2-3-5-22(19)29-21;1-2/h2-8,11,14,17-18,26H,9-10,12-13,15-16H2,1H3,(H,28,32,33);1-2H3/b23-14-;. The van der Waals surface area contributed by atoms with Crippen molar-refractivity contribution in [3.63, 3.8) is 0 Å². The number of carbonyl (C=O) groups is 2. The van der Waals surface area contributed by atoms with E-state index in [2.05, 4.69) is 43.7 Å². The molecule has 1 aromatic carbocycles. The molecule has 4 rings (SSSR count). The number of pyridine rings is 1. The number of fused-ring (bicyclic) bond motifs is 1. The zero-order valence-corrected chi connectivity index (χ0v) is 21.9. The average Bonchev–Trinajstić information content (AvgIpc) is 2.93. The fourth-order valence-corrected chi connectivity index (χ4v) is 4.50. The van der Waals surface area contributed by atoms with Crippen LogP contribution in [0.1, 0.15) is 38.1 Å². The van der Waals surface area contributed by atoms with Crippen LogP contribution in [0.5, 0.6) is 0 Å². The van der Waals surface area contributed by atoms with Gasteiger partial charge in [-0.25, -0.2) is 9.97 Å². The third-order valence-corrected chi connectivity index (χ3v) is 6.61. The summed E-state index contributed by atoms with van der Waals surface area (Å²) in [7, 11) is 0. The molecule has 1 aliphatic rings. The van der Waals surface area contributed by atoms with Gasteiger partial charge in [0.2, 0.25) is 12.4 Å². The van der Waals surface area contributed by atoms with Gasteiger partial charge in [0.05, 0.1) is 21.8 Å². The zero-order valence-electron chi connectivity index (χ0n) is 21.1. The van der Waals surface area contributed by atoms with E-state index in [1.807, 2.05) is 32.0 Å². The molecule has 0 spiro atoms. The molecule has 2 amide bonds. The molecule has 0 saturated carbocycles. The van der Waals surface area contributed by atoms with E-state index in [0.717, 1.165) is 55.6 Å². The number of rotatable bonds is 9. The topological polar surface area (TPSA) is 100 Å². The van der Waals surface area contributed by atoms with Crippen molar-refractivity contribution in [2.75, 3.05) is 30.8 Å². The van der Waals surface area contributed by atoms with Gasteiger partial charge in [-0.3, -0.25) is 19.9 Å². The number of imide groups is 1. The average molecular weight is 507 g/mol. The van der Waals surface area contributed by atoms with E-state index in [1.165, 1.54) is 11.8 Å². The molecule has 9 heteroatoms. The second-order valence-electron chi connectivity index (χ2n) is 8.14. The van der Waals surface area contributed by atoms with Crippen LogP contribution in [0.25, 0.3) is 17.0 Å². The van der Waals surface area contributed by atoms with Crippen LogP contribution in [-0.2, 0) is 16.1 Å². The largest absolute Gasteiger partial charge is 0.341 e. The van der Waals surface area contributed by atoms with Crippen molar-refractivity contribution in [3.8, 4) is 0 Å². The van der Waals surface area contributed by atoms with E-state index in [4.69, 9.17) is 4.98 Å². The van der Waals surface area contributed by atoms with E-state index < -0.39 is 5.91 Å². The normalized spacial score (nSPS) is 14.2. The van der Waals surface area contributed by atoms with Gasteiger partial charge in [0.25, 0.3) is 5.91 Å². The molecule has 3 aromatic rings. The minimum atomic E-state index is -0.435. The van der Waals surface area contributed by atoms with Crippen molar-refractivity contribution < 1.29 is 9.59 Å². The Morgan fingerprint density at radius 1 is 1.11 bits per heavy atom. The lowest BCUT2D eigenvalue weighted by Gasteiger charge is -2.32. The van der Waals surface area contributed by atoms with Gasteiger partial charge in [-0.05, 0) is 55.8 Å². The molecular weight excluding hydrogens is 472 g/mol. The van der Waals surface area contributed by atoms with Crippen LogP contribution in [0.3, 0.4) is 0 Å². The number of anilines is 1. The number of carbonyl (C=O) groups excluding carboxylic acids is 2. The van der Waals surface area contributed by atoms with Gasteiger partial charge in [0.15, 0.2) is 0 Å². The molecule has 0 aliphatic carbocycles. The van der Waals surface area contributed by atoms with E-state index in [9.17, 15) is 9.59 Å². The molecule has 1 saturated heterocycles. The van der Waals surface area contributed by atoms with Gasteiger partial charge in [-0.1, -0.05) is 38.1 Å². The summed E-state index contributed by atoms with van der Waals surface area (Å²) in [5.41, 5.74) is 2.73. The molecule has 1 aliphatic heterocycles. The third-order valence-electron chi connectivity index (χ3n) is 5.87. The predicted octanol–water partition coefficient (Wildman–Crippen LogP) is 4.03. The van der Waals surface area contributed by atoms with Crippen LogP contribution < -0.4 is 15.5 Å². The predicted molar refractivity (Wildman–Crippen MR) is 147 cm³/mol. The molecule has 0 bridgehead atoms. The Labute approximate surface area is 217 Å². The van der Waals surface area contributed by atoms with Crippen LogP contribution in [0.4, 0.5) is 5.95 Å². The molecule has 0 radical (unpaired) electrons. The number of nitrogens with one attached hydrogen (secondary N) is 2. The number of para-hydroxylation sites is 1. The summed E-state index contributed by atoms with van der Waals surface area (Å²) in [6.45, 7) is 7.48. The van der Waals surface area contributed by atoms with Gasteiger partial charge in [-0.2, -0.15) is 0 Å². The number of benzene rings is 1. The van der Waals surface area contributed by atoms with E-state index in [0.29, 0.717) is 28.9 Å². The molecule has 8 nitrogen and oxygen atoms in total. The Kier molecular flexibility index (Phi) is 10.8. The molecule has 2 aromatic heterocycles. The molecule has 1 fully saturated rings. The van der Waals surface area contributed by atoms with Crippen molar-refractivity contribution in [3.05, 3.63) is 65.0 Å². The number of hydrogen-bond donors (Lipinski definition) is 2. The number of piperidine rings is 1. The Balaban J connectivity index is 0.00000176. The van der Waals surface area contributed by atoms with E-state index in [1.54, 1.807) is 24.6 Å². The lowest BCUT2D eigenvalue weighted by Crippen LogP contribution is -2.38. The number of hydrogen-bond acceptors (Lipinski definition) is 8. The first kappa shape index (κ1) is 27.3. The minimum Gasteiger partial charge on any atom is -0.341 e. The lowest BCUT2D eigenvalue weighted by atomic mass is 9.97. The molecule has 3 heterocycles. The zero-order chi connectivity index (χ0) is 25.8. The van der Waals surface area contributed by atoms with Crippen LogP contribution >= 0.6 is 11.8 Å². The fourth-order valence-electron chi connectivity index (χ4n) is 4.02. The summed E-state index contributed by atoms with van der Waals surface area (Å²) < 4.78 is 0. The monoisotopic (exact) mass is 506 g/mol. The van der Waals surface area contributed by atoms with Crippen LogP contribution in [-0.4, -0.2) is 53.2 Å². The number of thioether (sulfide) groups is 1. The van der Waals surface area contributed by atoms with Crippen molar-refractivity contribution in [2.24, 2.45) is 5.92 Å². The highest BCUT2D eigenvalue weighted by Crippen LogP contribution is 2.22. The van der Waals surface area contributed by atoms with Crippen molar-refractivity contribution in [1.29, 1.82) is 0 Å². The Bertz CT molecular complexity index is 1180. The first-order chi connectivity index (χ1) is 17.7. The minimum absolute atomic E-state index is 0.384. The molecule has 0 unspecified atom stereocenters. The summed E-state index contributed by atoms with van der Waals surface area (Å²) >= 11 is 1.27. The first-order valence-electron chi connectivity index (χ1n) is 12.3. The van der Waals surface area contributed by atoms with Crippen LogP contribution in [0.15, 0.2) is 53.6 Å². The molecular formula is C27H34N6O2S. The van der Waals surface area contributed by atoms with Gasteiger partial charge >= 0.3 is 0 Å². The van der Waals surface area contributed by atoms with E-state index in [-0.39, 0.29) is 0 Å². The van der Waals surface area contributed by atoms with Gasteiger partial charge in [0, 0.05) is 31.2 Å². The van der Waals surface area contributed by atoms with Crippen LogP contribution in [0, 0.1) is 5.92 Å². The molecule has 190 valence electrons. The lowest BCUT2D eigenvalue weighted by molar-refractivity contribution is -0.121. The number of amides is 2. The Morgan fingerprint density at radius 2 is 1.89 bits per heavy atom. The smallest absolute Gasteiger partial charge is 0.264 e. The maximum atomic E-state index is 11.9. The third kappa shape index (κ3) is 7.60. The molecule has 2 N–H and O–H groups in total. The SMILES string of the molecule is CC.CS/C(=C\c1ccnc(N2CCC(CNCc3ccc4ccccc4n3)CC2)n1)C(=O)NC=O. The summed E-state index contributed by atoms with van der Waals surface area (Å²) in [5, 5.41) is 6.89. The van der Waals surface area contributed by atoms with Gasteiger partial charge in [-0.15, -0.1) is 11.8 Å². The van der Waals surface area contributed by atoms with Gasteiger partial charge in [0.1, 0.15) is 0 Å². The maximum absolute atomic E-state index is 11.9. The second-order valence-corrected chi connectivity index (χ2v) is 8.99. The second kappa shape index (κ2) is 14.3. The van der Waals surface area contributed by atoms with Crippen molar-refractivity contribution in [2.45, 2.75) is 33.2 Å². The summed E-state index contributed by atoms with van der Waals surface area (Å²) in [4.78, 5) is 38.9. The Hall–Kier alpha value is -3.30. The first-order valence-corrected chi connectivity index (χ1v) is 13.5. The van der Waals surface area contributed by atoms with Gasteiger partial charge < -0.3 is 10.2 Å². The summed E-state index contributed by atoms with van der Waals surface area (Å²) in [6.07, 6.45) is 7.65. The van der Waals surface area contributed by atoms with Crippen molar-refractivity contribution in [1.82, 2.24) is 25.6 Å².